The first kappa shape index (κ1) is 16.1. The van der Waals surface area contributed by atoms with Crippen molar-refractivity contribution < 1.29 is 0 Å². The molecule has 0 aromatic rings. The van der Waals surface area contributed by atoms with Crippen molar-refractivity contribution in [3.8, 4) is 12.1 Å². The van der Waals surface area contributed by atoms with Crippen LogP contribution in [0.4, 0.5) is 0 Å². The Labute approximate surface area is 93.6 Å². The molecule has 3 heteroatoms. The maximum Gasteiger partial charge on any atom is 0.0905 e. The molecule has 0 saturated carbocycles. The summed E-state index contributed by atoms with van der Waals surface area (Å²) in [6.07, 6.45) is 4.52. The van der Waals surface area contributed by atoms with Crippen molar-refractivity contribution in [1.29, 1.82) is 10.5 Å². The lowest BCUT2D eigenvalue weighted by Gasteiger charge is -2.10. The summed E-state index contributed by atoms with van der Waals surface area (Å²) >= 11 is 0. The topological polar surface area (TPSA) is 50.8 Å². The molecule has 0 atom stereocenters. The van der Waals surface area contributed by atoms with E-state index in [0.717, 1.165) is 6.54 Å². The fourth-order valence-electron chi connectivity index (χ4n) is 1.21. The molecule has 0 spiro atoms. The second-order valence-electron chi connectivity index (χ2n) is 2.79. The van der Waals surface area contributed by atoms with E-state index in [9.17, 15) is 0 Å². The molecule has 0 bridgehead atoms. The van der Waals surface area contributed by atoms with E-state index < -0.39 is 0 Å². The maximum atomic E-state index is 8.25. The van der Waals surface area contributed by atoms with Crippen LogP contribution in [0.3, 0.4) is 0 Å². The van der Waals surface area contributed by atoms with Crippen LogP contribution >= 0.6 is 0 Å². The Morgan fingerprint density at radius 2 is 1.73 bits per heavy atom. The zero-order chi connectivity index (χ0) is 11.9. The van der Waals surface area contributed by atoms with E-state index >= 15 is 0 Å². The van der Waals surface area contributed by atoms with Gasteiger partial charge in [0.15, 0.2) is 0 Å². The average molecular weight is 207 g/mol. The molecule has 1 heterocycles. The Balaban J connectivity index is 0. The quantitative estimate of drug-likeness (QED) is 0.654. The fourth-order valence-corrected chi connectivity index (χ4v) is 1.21. The molecule has 3 nitrogen and oxygen atoms in total. The summed E-state index contributed by atoms with van der Waals surface area (Å²) in [5, 5.41) is 15.8. The van der Waals surface area contributed by atoms with Crippen molar-refractivity contribution in [2.75, 3.05) is 19.6 Å². The van der Waals surface area contributed by atoms with Crippen molar-refractivity contribution in [3.05, 3.63) is 12.7 Å². The van der Waals surface area contributed by atoms with Gasteiger partial charge in [-0.15, -0.1) is 0 Å². The van der Waals surface area contributed by atoms with Crippen molar-refractivity contribution in [2.45, 2.75) is 33.1 Å². The van der Waals surface area contributed by atoms with Crippen molar-refractivity contribution in [3.63, 3.8) is 0 Å². The molecule has 0 N–H and O–H groups in total. The smallest absolute Gasteiger partial charge is 0.0905 e. The van der Waals surface area contributed by atoms with Crippen LogP contribution in [0.15, 0.2) is 12.7 Å². The lowest BCUT2D eigenvalue weighted by molar-refractivity contribution is 0.347. The monoisotopic (exact) mass is 207 g/mol. The average Bonchev–Trinajstić information content (AvgIpc) is 2.82. The SMILES string of the molecule is C=CC#N.CC.N#CCCN1CCCC1. The van der Waals surface area contributed by atoms with E-state index in [0.29, 0.717) is 6.42 Å². The molecule has 0 amide bonds. The van der Waals surface area contributed by atoms with Crippen LogP contribution in [0.25, 0.3) is 0 Å². The first-order valence-electron chi connectivity index (χ1n) is 5.45. The number of allylic oxidation sites excluding steroid dienone is 1. The molecule has 15 heavy (non-hydrogen) atoms. The summed E-state index contributed by atoms with van der Waals surface area (Å²) in [6, 6.07) is 3.85. The molecule has 0 aliphatic carbocycles. The minimum Gasteiger partial charge on any atom is -0.302 e. The van der Waals surface area contributed by atoms with Crippen LogP contribution in [0.5, 0.6) is 0 Å². The molecule has 1 aliphatic heterocycles. The van der Waals surface area contributed by atoms with E-state index in [1.807, 2.05) is 13.8 Å². The van der Waals surface area contributed by atoms with Crippen LogP contribution in [0, 0.1) is 22.7 Å². The molecule has 1 saturated heterocycles. The molecule has 1 aliphatic rings. The van der Waals surface area contributed by atoms with Gasteiger partial charge in [0, 0.05) is 19.0 Å². The van der Waals surface area contributed by atoms with Gasteiger partial charge in [-0.2, -0.15) is 10.5 Å². The molecule has 0 aromatic heterocycles. The Bertz CT molecular complexity index is 204. The van der Waals surface area contributed by atoms with Gasteiger partial charge in [0.1, 0.15) is 0 Å². The third kappa shape index (κ3) is 12.7. The highest BCUT2D eigenvalue weighted by molar-refractivity contribution is 4.93. The second-order valence-corrected chi connectivity index (χ2v) is 2.79. The van der Waals surface area contributed by atoms with E-state index in [1.165, 1.54) is 32.0 Å². The highest BCUT2D eigenvalue weighted by Crippen LogP contribution is 2.06. The van der Waals surface area contributed by atoms with Crippen LogP contribution in [-0.4, -0.2) is 24.5 Å². The van der Waals surface area contributed by atoms with Crippen LogP contribution in [0.1, 0.15) is 33.1 Å². The number of hydrogen-bond acceptors (Lipinski definition) is 3. The van der Waals surface area contributed by atoms with Gasteiger partial charge in [0.05, 0.1) is 12.1 Å². The standard InChI is InChI=1S/C7H12N2.C3H3N.C2H6/c8-4-3-7-9-5-1-2-6-9;1-2-3-4;1-2/h1-3,5-7H2;2H,1H2;1-2H3. The zero-order valence-corrected chi connectivity index (χ0v) is 9.87. The lowest BCUT2D eigenvalue weighted by Crippen LogP contribution is -2.19. The van der Waals surface area contributed by atoms with Crippen molar-refractivity contribution in [1.82, 2.24) is 4.90 Å². The number of nitriles is 2. The number of nitrogens with zero attached hydrogens (tertiary/aromatic N) is 3. The predicted octanol–water partition coefficient (Wildman–Crippen LogP) is 2.72. The molecule has 0 aromatic carbocycles. The minimum absolute atomic E-state index is 0.694. The minimum atomic E-state index is 0.694. The Kier molecular flexibility index (Phi) is 16.3. The largest absolute Gasteiger partial charge is 0.302 e. The van der Waals surface area contributed by atoms with E-state index in [1.54, 1.807) is 6.07 Å². The summed E-state index contributed by atoms with van der Waals surface area (Å²) < 4.78 is 0. The highest BCUT2D eigenvalue weighted by Gasteiger charge is 2.09. The van der Waals surface area contributed by atoms with Gasteiger partial charge < -0.3 is 4.90 Å². The number of likely N-dealkylation sites (tertiary alicyclic amines) is 1. The first-order chi connectivity index (χ1) is 7.35. The van der Waals surface area contributed by atoms with Gasteiger partial charge in [0.2, 0.25) is 0 Å². The third-order valence-corrected chi connectivity index (χ3v) is 1.83. The third-order valence-electron chi connectivity index (χ3n) is 1.83. The van der Waals surface area contributed by atoms with E-state index in [-0.39, 0.29) is 0 Å². The molecule has 0 unspecified atom stereocenters. The molecule has 84 valence electrons. The summed E-state index contributed by atoms with van der Waals surface area (Å²) in [6.45, 7) is 10.5. The maximum absolute atomic E-state index is 8.25. The van der Waals surface area contributed by atoms with Crippen LogP contribution in [0.2, 0.25) is 0 Å². The van der Waals surface area contributed by atoms with E-state index in [4.69, 9.17) is 10.5 Å². The Hall–Kier alpha value is -1.32. The molecule has 1 fully saturated rings. The fraction of sp³-hybridized carbons (Fsp3) is 0.667. The Morgan fingerprint density at radius 3 is 2.07 bits per heavy atom. The van der Waals surface area contributed by atoms with Gasteiger partial charge in [0.25, 0.3) is 0 Å². The summed E-state index contributed by atoms with van der Waals surface area (Å²) in [4.78, 5) is 2.35. The molecular formula is C12H21N3. The van der Waals surface area contributed by atoms with Gasteiger partial charge in [-0.05, 0) is 25.9 Å². The highest BCUT2D eigenvalue weighted by atomic mass is 15.1. The zero-order valence-electron chi connectivity index (χ0n) is 9.87. The normalized spacial score (nSPS) is 13.3. The van der Waals surface area contributed by atoms with Crippen molar-refractivity contribution >= 4 is 0 Å². The summed E-state index contributed by atoms with van der Waals surface area (Å²) in [7, 11) is 0. The lowest BCUT2D eigenvalue weighted by atomic mass is 10.4. The van der Waals surface area contributed by atoms with Crippen LogP contribution < -0.4 is 0 Å². The van der Waals surface area contributed by atoms with Gasteiger partial charge in [-0.25, -0.2) is 0 Å². The van der Waals surface area contributed by atoms with Gasteiger partial charge in [-0.3, -0.25) is 0 Å². The van der Waals surface area contributed by atoms with Crippen LogP contribution in [-0.2, 0) is 0 Å². The number of hydrogen-bond donors (Lipinski definition) is 0. The van der Waals surface area contributed by atoms with E-state index in [2.05, 4.69) is 17.5 Å². The number of rotatable bonds is 2. The van der Waals surface area contributed by atoms with Crippen molar-refractivity contribution in [2.24, 2.45) is 0 Å². The summed E-state index contributed by atoms with van der Waals surface area (Å²) in [5.41, 5.74) is 0. The summed E-state index contributed by atoms with van der Waals surface area (Å²) in [5.74, 6) is 0. The van der Waals surface area contributed by atoms with Gasteiger partial charge >= 0.3 is 0 Å². The Morgan fingerprint density at radius 1 is 1.27 bits per heavy atom. The predicted molar refractivity (Wildman–Crippen MR) is 63.1 cm³/mol. The molecular weight excluding hydrogens is 186 g/mol. The first-order valence-corrected chi connectivity index (χ1v) is 5.45. The second kappa shape index (κ2) is 15.2. The van der Waals surface area contributed by atoms with Gasteiger partial charge in [-0.1, -0.05) is 20.4 Å². The molecule has 0 radical (unpaired) electrons. The molecule has 1 rings (SSSR count).